The fourth-order valence-corrected chi connectivity index (χ4v) is 5.20. The topological polar surface area (TPSA) is 86.5 Å². The molecule has 2 aromatic rings. The maximum atomic E-state index is 13.2. The number of aromatic amines is 1. The van der Waals surface area contributed by atoms with Gasteiger partial charge in [0.1, 0.15) is 6.04 Å². The van der Waals surface area contributed by atoms with Crippen molar-refractivity contribution in [2.75, 3.05) is 32.8 Å². The van der Waals surface area contributed by atoms with Crippen molar-refractivity contribution in [1.29, 1.82) is 0 Å². The van der Waals surface area contributed by atoms with Crippen LogP contribution in [-0.2, 0) is 20.7 Å². The number of nitrogens with one attached hydrogen (secondary N) is 3. The number of nitrogens with zero attached hydrogens (tertiary/aromatic N) is 1. The smallest absolute Gasteiger partial charge is 0.242 e. The summed E-state index contributed by atoms with van der Waals surface area (Å²) in [4.78, 5) is 30.8. The van der Waals surface area contributed by atoms with Crippen LogP contribution in [0, 0.1) is 0 Å². The monoisotopic (exact) mass is 426 g/mol. The molecule has 7 heteroatoms. The minimum Gasteiger partial charge on any atom is -0.379 e. The molecule has 2 heterocycles. The number of aromatic nitrogens is 1. The summed E-state index contributed by atoms with van der Waals surface area (Å²) in [5.41, 5.74) is 2.07. The molecule has 0 radical (unpaired) electrons. The maximum absolute atomic E-state index is 13.2. The molecule has 7 nitrogen and oxygen atoms in total. The normalized spacial score (nSPS) is 20.3. The summed E-state index contributed by atoms with van der Waals surface area (Å²) in [5.74, 6) is -0.306. The average Bonchev–Trinajstić information content (AvgIpc) is 3.21. The van der Waals surface area contributed by atoms with E-state index in [2.05, 4.69) is 20.5 Å². The number of rotatable bonds is 7. The summed E-state index contributed by atoms with van der Waals surface area (Å²) >= 11 is 0. The lowest BCUT2D eigenvalue weighted by atomic mass is 9.79. The third-order valence-electron chi connectivity index (χ3n) is 6.85. The predicted molar refractivity (Wildman–Crippen MR) is 121 cm³/mol. The molecule has 1 saturated heterocycles. The van der Waals surface area contributed by atoms with Crippen LogP contribution in [-0.4, -0.2) is 66.1 Å². The molecule has 3 N–H and O–H groups in total. The highest BCUT2D eigenvalue weighted by atomic mass is 16.5. The van der Waals surface area contributed by atoms with Crippen LogP contribution in [0.5, 0.6) is 0 Å². The van der Waals surface area contributed by atoms with E-state index < -0.39 is 6.04 Å². The molecule has 1 saturated carbocycles. The van der Waals surface area contributed by atoms with Gasteiger partial charge in [0.15, 0.2) is 0 Å². The molecule has 1 aliphatic carbocycles. The van der Waals surface area contributed by atoms with Crippen molar-refractivity contribution in [3.63, 3.8) is 0 Å². The van der Waals surface area contributed by atoms with Crippen molar-refractivity contribution in [1.82, 2.24) is 20.5 Å². The van der Waals surface area contributed by atoms with E-state index in [9.17, 15) is 9.59 Å². The average molecular weight is 427 g/mol. The molecule has 1 aromatic heterocycles. The lowest BCUT2D eigenvalue weighted by molar-refractivity contribution is -0.128. The van der Waals surface area contributed by atoms with Crippen LogP contribution in [0.15, 0.2) is 30.5 Å². The SMILES string of the molecule is CC(=O)N[C@@H](Cc1c[nH]c2ccccc12)C(=O)NCC1(N2CCOCC2)CCCCC1. The van der Waals surface area contributed by atoms with Gasteiger partial charge < -0.3 is 20.4 Å². The zero-order valence-electron chi connectivity index (χ0n) is 18.4. The van der Waals surface area contributed by atoms with Crippen molar-refractivity contribution in [2.24, 2.45) is 0 Å². The van der Waals surface area contributed by atoms with E-state index in [0.29, 0.717) is 13.0 Å². The number of amides is 2. The Morgan fingerprint density at radius 3 is 2.65 bits per heavy atom. The second kappa shape index (κ2) is 9.83. The lowest BCUT2D eigenvalue weighted by Crippen LogP contribution is -2.61. The molecule has 2 amide bonds. The highest BCUT2D eigenvalue weighted by molar-refractivity contribution is 5.89. The number of hydrogen-bond acceptors (Lipinski definition) is 4. The van der Waals surface area contributed by atoms with Crippen molar-refractivity contribution >= 4 is 22.7 Å². The Hall–Kier alpha value is -2.38. The third-order valence-corrected chi connectivity index (χ3v) is 6.85. The molecule has 0 spiro atoms. The Morgan fingerprint density at radius 1 is 1.16 bits per heavy atom. The van der Waals surface area contributed by atoms with Crippen LogP contribution < -0.4 is 10.6 Å². The first-order valence-corrected chi connectivity index (χ1v) is 11.5. The van der Waals surface area contributed by atoms with Crippen LogP contribution in [0.25, 0.3) is 10.9 Å². The largest absolute Gasteiger partial charge is 0.379 e. The zero-order valence-corrected chi connectivity index (χ0v) is 18.4. The highest BCUT2D eigenvalue weighted by Gasteiger charge is 2.39. The quantitative estimate of drug-likeness (QED) is 0.634. The van der Waals surface area contributed by atoms with Crippen LogP contribution in [0.3, 0.4) is 0 Å². The summed E-state index contributed by atoms with van der Waals surface area (Å²) in [6.07, 6.45) is 8.23. The number of benzene rings is 1. The van der Waals surface area contributed by atoms with Crippen molar-refractivity contribution < 1.29 is 14.3 Å². The van der Waals surface area contributed by atoms with Crippen LogP contribution >= 0.6 is 0 Å². The van der Waals surface area contributed by atoms with Crippen LogP contribution in [0.4, 0.5) is 0 Å². The zero-order chi connectivity index (χ0) is 21.7. The van der Waals surface area contributed by atoms with Gasteiger partial charge in [0, 0.05) is 55.6 Å². The summed E-state index contributed by atoms with van der Waals surface area (Å²) in [6.45, 7) is 5.43. The highest BCUT2D eigenvalue weighted by Crippen LogP contribution is 2.34. The fraction of sp³-hybridized carbons (Fsp3) is 0.583. The van der Waals surface area contributed by atoms with Crippen LogP contribution in [0.1, 0.15) is 44.6 Å². The van der Waals surface area contributed by atoms with Crippen LogP contribution in [0.2, 0.25) is 0 Å². The van der Waals surface area contributed by atoms with E-state index in [-0.39, 0.29) is 17.4 Å². The lowest BCUT2D eigenvalue weighted by Gasteiger charge is -2.48. The summed E-state index contributed by atoms with van der Waals surface area (Å²) in [6, 6.07) is 7.43. The summed E-state index contributed by atoms with van der Waals surface area (Å²) in [7, 11) is 0. The maximum Gasteiger partial charge on any atom is 0.242 e. The molecule has 4 rings (SSSR count). The fourth-order valence-electron chi connectivity index (χ4n) is 5.20. The van der Waals surface area contributed by atoms with Gasteiger partial charge in [-0.15, -0.1) is 0 Å². The second-order valence-corrected chi connectivity index (χ2v) is 8.92. The Bertz CT molecular complexity index is 897. The van der Waals surface area contributed by atoms with Gasteiger partial charge >= 0.3 is 0 Å². The third kappa shape index (κ3) is 5.10. The van der Waals surface area contributed by atoms with E-state index in [1.807, 2.05) is 30.5 Å². The molecule has 1 atom stereocenters. The molecule has 2 aliphatic rings. The van der Waals surface area contributed by atoms with E-state index in [1.54, 1.807) is 0 Å². The Balaban J connectivity index is 1.46. The number of carbonyl (C=O) groups excluding carboxylic acids is 2. The van der Waals surface area contributed by atoms with Crippen molar-refractivity contribution in [3.05, 3.63) is 36.0 Å². The molecule has 0 bridgehead atoms. The van der Waals surface area contributed by atoms with E-state index in [1.165, 1.54) is 26.2 Å². The van der Waals surface area contributed by atoms with Crippen molar-refractivity contribution in [2.45, 2.75) is 57.0 Å². The number of ether oxygens (including phenoxy) is 1. The molecule has 31 heavy (non-hydrogen) atoms. The van der Waals surface area contributed by atoms with Gasteiger partial charge in [-0.25, -0.2) is 0 Å². The number of carbonyl (C=O) groups is 2. The number of para-hydroxylation sites is 1. The number of fused-ring (bicyclic) bond motifs is 1. The van der Waals surface area contributed by atoms with Gasteiger partial charge in [-0.1, -0.05) is 37.5 Å². The second-order valence-electron chi connectivity index (χ2n) is 8.92. The molecule has 168 valence electrons. The minimum atomic E-state index is -0.595. The van der Waals surface area contributed by atoms with E-state index >= 15 is 0 Å². The number of hydrogen-bond donors (Lipinski definition) is 3. The van der Waals surface area contributed by atoms with Crippen molar-refractivity contribution in [3.8, 4) is 0 Å². The Labute approximate surface area is 183 Å². The summed E-state index contributed by atoms with van der Waals surface area (Å²) < 4.78 is 5.56. The number of H-pyrrole nitrogens is 1. The van der Waals surface area contributed by atoms with Gasteiger partial charge in [0.25, 0.3) is 0 Å². The Kier molecular flexibility index (Phi) is 6.92. The molecule has 1 aromatic carbocycles. The summed E-state index contributed by atoms with van der Waals surface area (Å²) in [5, 5.41) is 7.16. The van der Waals surface area contributed by atoms with Gasteiger partial charge in [-0.05, 0) is 24.5 Å². The molecule has 0 unspecified atom stereocenters. The van der Waals surface area contributed by atoms with E-state index in [4.69, 9.17) is 4.74 Å². The molecular formula is C24H34N4O3. The predicted octanol–water partition coefficient (Wildman–Crippen LogP) is 2.37. The first-order valence-electron chi connectivity index (χ1n) is 11.5. The van der Waals surface area contributed by atoms with Gasteiger partial charge in [-0.2, -0.15) is 0 Å². The molecular weight excluding hydrogens is 392 g/mol. The standard InChI is InChI=1S/C24H34N4O3/c1-18(29)27-22(15-19-16-25-21-8-4-3-7-20(19)21)23(30)26-17-24(9-5-2-6-10-24)28-11-13-31-14-12-28/h3-4,7-8,16,22,25H,2,5-6,9-15,17H2,1H3,(H,26,30)(H,27,29)/t22-/m0/s1. The van der Waals surface area contributed by atoms with Gasteiger partial charge in [0.2, 0.25) is 11.8 Å². The number of morpholine rings is 1. The van der Waals surface area contributed by atoms with Gasteiger partial charge in [-0.3, -0.25) is 14.5 Å². The van der Waals surface area contributed by atoms with E-state index in [0.717, 1.165) is 55.6 Å². The first kappa shape index (κ1) is 21.8. The first-order chi connectivity index (χ1) is 15.1. The Morgan fingerprint density at radius 2 is 1.90 bits per heavy atom. The molecule has 1 aliphatic heterocycles. The minimum absolute atomic E-state index is 0.000749. The molecule has 2 fully saturated rings. The van der Waals surface area contributed by atoms with Gasteiger partial charge in [0.05, 0.1) is 13.2 Å².